The number of nitrogens with zero attached hydrogens (tertiary/aromatic N) is 4. The van der Waals surface area contributed by atoms with Crippen LogP contribution in [0.4, 0.5) is 4.39 Å². The number of hydrogen-bond acceptors (Lipinski definition) is 2. The maximum Gasteiger partial charge on any atom is 0.193 e. The molecule has 5 nitrogen and oxygen atoms in total. The number of hydrogen-bond donors (Lipinski definition) is 1. The van der Waals surface area contributed by atoms with Gasteiger partial charge < -0.3 is 10.2 Å². The van der Waals surface area contributed by atoms with Gasteiger partial charge in [0.05, 0.1) is 6.20 Å². The zero-order valence-corrected chi connectivity index (χ0v) is 16.8. The first-order chi connectivity index (χ1) is 12.6. The molecule has 3 rings (SSSR count). The first-order valence-corrected chi connectivity index (χ1v) is 9.74. The molecule has 26 heavy (non-hydrogen) atoms. The Morgan fingerprint density at radius 1 is 1.46 bits per heavy atom. The summed E-state index contributed by atoms with van der Waals surface area (Å²) in [7, 11) is 3.76. The molecule has 2 heterocycles. The van der Waals surface area contributed by atoms with Gasteiger partial charge in [0.1, 0.15) is 5.82 Å². The fourth-order valence-corrected chi connectivity index (χ4v) is 3.74. The molecule has 1 aliphatic rings. The van der Waals surface area contributed by atoms with Crippen LogP contribution in [0.2, 0.25) is 0 Å². The predicted octanol–water partition coefficient (Wildman–Crippen LogP) is 3.32. The van der Waals surface area contributed by atoms with Crippen molar-refractivity contribution in [2.45, 2.75) is 25.2 Å². The molecule has 7 heteroatoms. The molecule has 0 aliphatic carbocycles. The Morgan fingerprint density at radius 2 is 2.31 bits per heavy atom. The van der Waals surface area contributed by atoms with E-state index in [9.17, 15) is 4.39 Å². The molecule has 1 fully saturated rings. The van der Waals surface area contributed by atoms with Gasteiger partial charge in [-0.3, -0.25) is 9.67 Å². The standard InChI is InChI=1S/C19H25BrFN5/c1-22-19(23-8-3-4-14-5-6-17(20)10-18(14)21)26-9-7-15(13-26)16-11-24-25(2)12-16/h5-6,10-12,15H,3-4,7-9,13H2,1-2H3,(H,22,23). The van der Waals surface area contributed by atoms with Crippen molar-refractivity contribution in [3.63, 3.8) is 0 Å². The second kappa shape index (κ2) is 8.66. The highest BCUT2D eigenvalue weighted by atomic mass is 79.9. The Hall–Kier alpha value is -1.89. The lowest BCUT2D eigenvalue weighted by Gasteiger charge is -2.21. The Balaban J connectivity index is 1.46. The van der Waals surface area contributed by atoms with E-state index in [1.165, 1.54) is 11.6 Å². The molecular weight excluding hydrogens is 397 g/mol. The molecule has 0 saturated carbocycles. The maximum absolute atomic E-state index is 13.9. The van der Waals surface area contributed by atoms with Crippen LogP contribution in [0.1, 0.15) is 29.9 Å². The van der Waals surface area contributed by atoms with Crippen molar-refractivity contribution in [1.29, 1.82) is 0 Å². The summed E-state index contributed by atoms with van der Waals surface area (Å²) in [6.07, 6.45) is 6.73. The van der Waals surface area contributed by atoms with Crippen molar-refractivity contribution >= 4 is 21.9 Å². The van der Waals surface area contributed by atoms with Crippen LogP contribution in [0.5, 0.6) is 0 Å². The van der Waals surface area contributed by atoms with Gasteiger partial charge in [-0.25, -0.2) is 4.39 Å². The van der Waals surface area contributed by atoms with Crippen molar-refractivity contribution in [2.75, 3.05) is 26.7 Å². The second-order valence-electron chi connectivity index (χ2n) is 6.69. The van der Waals surface area contributed by atoms with Gasteiger partial charge in [0.15, 0.2) is 5.96 Å². The summed E-state index contributed by atoms with van der Waals surface area (Å²) in [4.78, 5) is 6.70. The number of benzene rings is 1. The minimum absolute atomic E-state index is 0.150. The van der Waals surface area contributed by atoms with E-state index in [0.29, 0.717) is 12.3 Å². The summed E-state index contributed by atoms with van der Waals surface area (Å²) in [6, 6.07) is 5.24. The fourth-order valence-electron chi connectivity index (χ4n) is 3.41. The number of guanidine groups is 1. The summed E-state index contributed by atoms with van der Waals surface area (Å²) < 4.78 is 16.5. The zero-order chi connectivity index (χ0) is 18.5. The topological polar surface area (TPSA) is 45.5 Å². The van der Waals surface area contributed by atoms with Crippen LogP contribution in [0.25, 0.3) is 0 Å². The van der Waals surface area contributed by atoms with E-state index in [4.69, 9.17) is 0 Å². The minimum Gasteiger partial charge on any atom is -0.356 e. The lowest BCUT2D eigenvalue weighted by molar-refractivity contribution is 0.484. The van der Waals surface area contributed by atoms with Gasteiger partial charge in [-0.05, 0) is 42.5 Å². The molecule has 0 bridgehead atoms. The summed E-state index contributed by atoms with van der Waals surface area (Å²) >= 11 is 3.29. The molecule has 0 spiro atoms. The van der Waals surface area contributed by atoms with Gasteiger partial charge >= 0.3 is 0 Å². The quantitative estimate of drug-likeness (QED) is 0.457. The van der Waals surface area contributed by atoms with E-state index in [2.05, 4.69) is 42.4 Å². The molecule has 1 atom stereocenters. The van der Waals surface area contributed by atoms with Gasteiger partial charge in [0, 0.05) is 50.3 Å². The highest BCUT2D eigenvalue weighted by molar-refractivity contribution is 9.10. The number of aromatic nitrogens is 2. The lowest BCUT2D eigenvalue weighted by atomic mass is 10.0. The van der Waals surface area contributed by atoms with Crippen molar-refractivity contribution < 1.29 is 4.39 Å². The molecule has 1 aliphatic heterocycles. The fraction of sp³-hybridized carbons (Fsp3) is 0.474. The molecule has 1 aromatic carbocycles. The highest BCUT2D eigenvalue weighted by Gasteiger charge is 2.26. The van der Waals surface area contributed by atoms with E-state index >= 15 is 0 Å². The Morgan fingerprint density at radius 3 is 3.00 bits per heavy atom. The van der Waals surface area contributed by atoms with Crippen LogP contribution in [0.3, 0.4) is 0 Å². The van der Waals surface area contributed by atoms with Crippen molar-refractivity contribution in [3.05, 3.63) is 52.0 Å². The Kier molecular flexibility index (Phi) is 6.29. The van der Waals surface area contributed by atoms with Crippen molar-refractivity contribution in [2.24, 2.45) is 12.0 Å². The summed E-state index contributed by atoms with van der Waals surface area (Å²) in [5.74, 6) is 1.27. The number of aryl methyl sites for hydroxylation is 2. The number of nitrogens with one attached hydrogen (secondary N) is 1. The van der Waals surface area contributed by atoms with E-state index in [1.807, 2.05) is 37.1 Å². The molecule has 0 amide bonds. The first kappa shape index (κ1) is 18.9. The molecular formula is C19H25BrFN5. The van der Waals surface area contributed by atoms with Crippen LogP contribution in [0.15, 0.2) is 40.1 Å². The van der Waals surface area contributed by atoms with Crippen LogP contribution in [-0.2, 0) is 13.5 Å². The molecule has 1 aromatic heterocycles. The number of likely N-dealkylation sites (tertiary alicyclic amines) is 1. The van der Waals surface area contributed by atoms with Crippen LogP contribution in [-0.4, -0.2) is 47.3 Å². The van der Waals surface area contributed by atoms with E-state index < -0.39 is 0 Å². The van der Waals surface area contributed by atoms with E-state index in [-0.39, 0.29) is 5.82 Å². The third kappa shape index (κ3) is 4.63. The van der Waals surface area contributed by atoms with Crippen molar-refractivity contribution in [3.8, 4) is 0 Å². The SMILES string of the molecule is CN=C(NCCCc1ccc(Br)cc1F)N1CCC(c2cnn(C)c2)C1. The summed E-state index contributed by atoms with van der Waals surface area (Å²) in [5, 5.41) is 7.68. The molecule has 1 N–H and O–H groups in total. The molecule has 0 radical (unpaired) electrons. The highest BCUT2D eigenvalue weighted by Crippen LogP contribution is 2.26. The van der Waals surface area contributed by atoms with Crippen LogP contribution < -0.4 is 5.32 Å². The van der Waals surface area contributed by atoms with Gasteiger partial charge in [0.25, 0.3) is 0 Å². The average molecular weight is 422 g/mol. The third-order valence-electron chi connectivity index (χ3n) is 4.82. The summed E-state index contributed by atoms with van der Waals surface area (Å²) in [6.45, 7) is 2.71. The largest absolute Gasteiger partial charge is 0.356 e. The van der Waals surface area contributed by atoms with Gasteiger partial charge in [0.2, 0.25) is 0 Å². The van der Waals surface area contributed by atoms with E-state index in [0.717, 1.165) is 48.5 Å². The average Bonchev–Trinajstić information content (AvgIpc) is 3.25. The second-order valence-corrected chi connectivity index (χ2v) is 7.61. The molecule has 1 unspecified atom stereocenters. The van der Waals surface area contributed by atoms with E-state index in [1.54, 1.807) is 0 Å². The summed E-state index contributed by atoms with van der Waals surface area (Å²) in [5.41, 5.74) is 2.04. The zero-order valence-electron chi connectivity index (χ0n) is 15.3. The number of rotatable bonds is 5. The number of halogens is 2. The Labute approximate surface area is 162 Å². The van der Waals surface area contributed by atoms with Crippen LogP contribution >= 0.6 is 15.9 Å². The van der Waals surface area contributed by atoms with Crippen molar-refractivity contribution in [1.82, 2.24) is 20.0 Å². The normalized spacial score (nSPS) is 17.8. The van der Waals surface area contributed by atoms with Gasteiger partial charge in [-0.15, -0.1) is 0 Å². The number of aliphatic imine (C=N–C) groups is 1. The Bertz CT molecular complexity index is 773. The third-order valence-corrected chi connectivity index (χ3v) is 5.31. The first-order valence-electron chi connectivity index (χ1n) is 8.95. The maximum atomic E-state index is 13.9. The molecule has 1 saturated heterocycles. The van der Waals surface area contributed by atoms with Gasteiger partial charge in [-0.2, -0.15) is 5.10 Å². The monoisotopic (exact) mass is 421 g/mol. The smallest absolute Gasteiger partial charge is 0.193 e. The molecule has 2 aromatic rings. The minimum atomic E-state index is -0.150. The van der Waals surface area contributed by atoms with Crippen LogP contribution in [0, 0.1) is 5.82 Å². The lowest BCUT2D eigenvalue weighted by Crippen LogP contribution is -2.40. The van der Waals surface area contributed by atoms with Gasteiger partial charge in [-0.1, -0.05) is 22.0 Å². The predicted molar refractivity (Wildman–Crippen MR) is 106 cm³/mol. The molecule has 140 valence electrons.